The quantitative estimate of drug-likeness (QED) is 0.787. The third-order valence-corrected chi connectivity index (χ3v) is 3.65. The maximum atomic E-state index is 12.0. The van der Waals surface area contributed by atoms with Gasteiger partial charge in [0.25, 0.3) is 5.91 Å². The zero-order valence-corrected chi connectivity index (χ0v) is 10.3. The minimum atomic E-state index is 0.00157. The largest absolute Gasteiger partial charge is 0.398 e. The fourth-order valence-corrected chi connectivity index (χ4v) is 2.45. The lowest BCUT2D eigenvalue weighted by atomic mass is 10.1. The molecule has 0 saturated heterocycles. The van der Waals surface area contributed by atoms with Gasteiger partial charge >= 0.3 is 0 Å². The highest BCUT2D eigenvalue weighted by Gasteiger charge is 2.17. The summed E-state index contributed by atoms with van der Waals surface area (Å²) in [5, 5.41) is 3.01. The molecule has 0 aromatic heterocycles. The van der Waals surface area contributed by atoms with Gasteiger partial charge in [-0.3, -0.25) is 4.79 Å². The number of carbonyl (C=O) groups excluding carboxylic acids is 1. The van der Waals surface area contributed by atoms with Crippen molar-refractivity contribution in [2.24, 2.45) is 5.92 Å². The van der Waals surface area contributed by atoms with Gasteiger partial charge in [-0.25, -0.2) is 0 Å². The number of anilines is 1. The molecule has 0 atom stereocenters. The first-order valence-corrected chi connectivity index (χ1v) is 6.32. The van der Waals surface area contributed by atoms with Crippen LogP contribution in [0.15, 0.2) is 18.2 Å². The van der Waals surface area contributed by atoms with Gasteiger partial charge in [-0.15, -0.1) is 0 Å². The molecular weight excluding hydrogens is 212 g/mol. The lowest BCUT2D eigenvalue weighted by Gasteiger charge is -2.12. The highest BCUT2D eigenvalue weighted by molar-refractivity contribution is 5.96. The van der Waals surface area contributed by atoms with Crippen molar-refractivity contribution in [3.8, 4) is 0 Å². The van der Waals surface area contributed by atoms with Gasteiger partial charge in [-0.05, 0) is 43.4 Å². The van der Waals surface area contributed by atoms with E-state index in [1.54, 1.807) is 0 Å². The van der Waals surface area contributed by atoms with Crippen molar-refractivity contribution in [3.05, 3.63) is 29.3 Å². The van der Waals surface area contributed by atoms with Gasteiger partial charge in [0.15, 0.2) is 0 Å². The zero-order valence-electron chi connectivity index (χ0n) is 10.3. The van der Waals surface area contributed by atoms with E-state index in [9.17, 15) is 4.79 Å². The molecule has 0 heterocycles. The summed E-state index contributed by atoms with van der Waals surface area (Å²) in [5.41, 5.74) is 8.04. The zero-order chi connectivity index (χ0) is 12.3. The maximum absolute atomic E-state index is 12.0. The van der Waals surface area contributed by atoms with E-state index in [0.717, 1.165) is 12.1 Å². The number of hydrogen-bond donors (Lipinski definition) is 2. The molecule has 1 fully saturated rings. The Morgan fingerprint density at radius 3 is 2.82 bits per heavy atom. The van der Waals surface area contributed by atoms with Gasteiger partial charge in [0.2, 0.25) is 0 Å². The van der Waals surface area contributed by atoms with Gasteiger partial charge in [0.1, 0.15) is 0 Å². The molecule has 0 aliphatic heterocycles. The van der Waals surface area contributed by atoms with Crippen molar-refractivity contribution in [3.63, 3.8) is 0 Å². The van der Waals surface area contributed by atoms with Gasteiger partial charge in [0, 0.05) is 17.8 Å². The molecule has 0 unspecified atom stereocenters. The molecule has 92 valence electrons. The molecule has 1 aliphatic rings. The SMILES string of the molecule is Cc1c(N)cccc1C(=O)NCC1CCCC1. The smallest absolute Gasteiger partial charge is 0.251 e. The van der Waals surface area contributed by atoms with E-state index in [1.165, 1.54) is 25.7 Å². The van der Waals surface area contributed by atoms with E-state index in [0.29, 0.717) is 17.2 Å². The van der Waals surface area contributed by atoms with Crippen molar-refractivity contribution < 1.29 is 4.79 Å². The number of nitrogens with one attached hydrogen (secondary N) is 1. The average molecular weight is 232 g/mol. The normalized spacial score (nSPS) is 16.1. The van der Waals surface area contributed by atoms with Gasteiger partial charge in [0.05, 0.1) is 0 Å². The summed E-state index contributed by atoms with van der Waals surface area (Å²) in [6.07, 6.45) is 5.10. The number of hydrogen-bond acceptors (Lipinski definition) is 2. The fourth-order valence-electron chi connectivity index (χ4n) is 2.45. The Kier molecular flexibility index (Phi) is 3.67. The Morgan fingerprint density at radius 1 is 1.41 bits per heavy atom. The summed E-state index contributed by atoms with van der Waals surface area (Å²) in [5.74, 6) is 0.669. The summed E-state index contributed by atoms with van der Waals surface area (Å²) in [7, 11) is 0. The van der Waals surface area contributed by atoms with Gasteiger partial charge in [-0.1, -0.05) is 18.9 Å². The first kappa shape index (κ1) is 12.0. The molecule has 3 heteroatoms. The first-order chi connectivity index (χ1) is 8.18. The highest BCUT2D eigenvalue weighted by atomic mass is 16.1. The molecule has 1 amide bonds. The first-order valence-electron chi connectivity index (χ1n) is 6.32. The molecular formula is C14H20N2O. The molecule has 17 heavy (non-hydrogen) atoms. The molecule has 3 nitrogen and oxygen atoms in total. The molecule has 1 saturated carbocycles. The van der Waals surface area contributed by atoms with Gasteiger partial charge < -0.3 is 11.1 Å². The predicted octanol–water partition coefficient (Wildman–Crippen LogP) is 2.50. The van der Waals surface area contributed by atoms with Crippen LogP contribution in [0.25, 0.3) is 0 Å². The third-order valence-electron chi connectivity index (χ3n) is 3.65. The Hall–Kier alpha value is -1.51. The molecule has 1 aromatic rings. The average Bonchev–Trinajstić information content (AvgIpc) is 2.82. The van der Waals surface area contributed by atoms with Crippen LogP contribution >= 0.6 is 0 Å². The number of amides is 1. The van der Waals surface area contributed by atoms with Crippen LogP contribution in [0.1, 0.15) is 41.6 Å². The number of rotatable bonds is 3. The van der Waals surface area contributed by atoms with E-state index in [2.05, 4.69) is 5.32 Å². The summed E-state index contributed by atoms with van der Waals surface area (Å²) in [4.78, 5) is 12.0. The summed E-state index contributed by atoms with van der Waals surface area (Å²) in [6, 6.07) is 5.48. The molecule has 1 aliphatic carbocycles. The van der Waals surface area contributed by atoms with E-state index in [-0.39, 0.29) is 5.91 Å². The van der Waals surface area contributed by atoms with Crippen molar-refractivity contribution in [2.75, 3.05) is 12.3 Å². The van der Waals surface area contributed by atoms with Crippen LogP contribution in [0, 0.1) is 12.8 Å². The summed E-state index contributed by atoms with van der Waals surface area (Å²) >= 11 is 0. The molecule has 3 N–H and O–H groups in total. The molecule has 0 radical (unpaired) electrons. The topological polar surface area (TPSA) is 55.1 Å². The Morgan fingerprint density at radius 2 is 2.12 bits per heavy atom. The molecule has 0 spiro atoms. The van der Waals surface area contributed by atoms with Crippen LogP contribution in [-0.2, 0) is 0 Å². The minimum Gasteiger partial charge on any atom is -0.398 e. The fraction of sp³-hybridized carbons (Fsp3) is 0.500. The van der Waals surface area contributed by atoms with Crippen molar-refractivity contribution in [1.82, 2.24) is 5.32 Å². The lowest BCUT2D eigenvalue weighted by Crippen LogP contribution is -2.29. The second-order valence-electron chi connectivity index (χ2n) is 4.88. The number of benzene rings is 1. The lowest BCUT2D eigenvalue weighted by molar-refractivity contribution is 0.0947. The molecule has 2 rings (SSSR count). The van der Waals surface area contributed by atoms with Crippen LogP contribution in [0.4, 0.5) is 5.69 Å². The minimum absolute atomic E-state index is 0.00157. The summed E-state index contributed by atoms with van der Waals surface area (Å²) < 4.78 is 0. The Labute approximate surface area is 102 Å². The number of nitrogen functional groups attached to an aromatic ring is 1. The second-order valence-corrected chi connectivity index (χ2v) is 4.88. The predicted molar refractivity (Wildman–Crippen MR) is 69.9 cm³/mol. The second kappa shape index (κ2) is 5.21. The molecule has 1 aromatic carbocycles. The highest BCUT2D eigenvalue weighted by Crippen LogP contribution is 2.24. The standard InChI is InChI=1S/C14H20N2O/c1-10-12(7-4-8-13(10)15)14(17)16-9-11-5-2-3-6-11/h4,7-8,11H,2-3,5-6,9,15H2,1H3,(H,16,17). The van der Waals surface area contributed by atoms with Crippen LogP contribution in [-0.4, -0.2) is 12.5 Å². The Balaban J connectivity index is 1.97. The van der Waals surface area contributed by atoms with Gasteiger partial charge in [-0.2, -0.15) is 0 Å². The van der Waals surface area contributed by atoms with E-state index < -0.39 is 0 Å². The Bertz CT molecular complexity index is 409. The monoisotopic (exact) mass is 232 g/mol. The van der Waals surface area contributed by atoms with E-state index in [1.807, 2.05) is 25.1 Å². The van der Waals surface area contributed by atoms with Crippen molar-refractivity contribution >= 4 is 11.6 Å². The molecule has 0 bridgehead atoms. The van der Waals surface area contributed by atoms with Crippen molar-refractivity contribution in [2.45, 2.75) is 32.6 Å². The van der Waals surface area contributed by atoms with Crippen LogP contribution < -0.4 is 11.1 Å². The summed E-state index contributed by atoms with van der Waals surface area (Å²) in [6.45, 7) is 2.69. The number of carbonyl (C=O) groups is 1. The van der Waals surface area contributed by atoms with Crippen molar-refractivity contribution in [1.29, 1.82) is 0 Å². The third kappa shape index (κ3) is 2.78. The van der Waals surface area contributed by atoms with E-state index >= 15 is 0 Å². The maximum Gasteiger partial charge on any atom is 0.251 e. The van der Waals surface area contributed by atoms with Crippen LogP contribution in [0.5, 0.6) is 0 Å². The van der Waals surface area contributed by atoms with Crippen LogP contribution in [0.2, 0.25) is 0 Å². The number of nitrogens with two attached hydrogens (primary N) is 1. The van der Waals surface area contributed by atoms with Crippen LogP contribution in [0.3, 0.4) is 0 Å². The van der Waals surface area contributed by atoms with E-state index in [4.69, 9.17) is 5.73 Å².